The lowest BCUT2D eigenvalue weighted by Gasteiger charge is -2.33. The van der Waals surface area contributed by atoms with Gasteiger partial charge in [-0.3, -0.25) is 13.9 Å². The summed E-state index contributed by atoms with van der Waals surface area (Å²) in [6.45, 7) is 2.94. The molecule has 196 valence electrons. The van der Waals surface area contributed by atoms with E-state index in [1.165, 1.54) is 4.90 Å². The van der Waals surface area contributed by atoms with Crippen LogP contribution in [-0.2, 0) is 26.2 Å². The summed E-state index contributed by atoms with van der Waals surface area (Å²) in [4.78, 5) is 27.9. The van der Waals surface area contributed by atoms with E-state index in [4.69, 9.17) is 0 Å². The van der Waals surface area contributed by atoms with E-state index in [9.17, 15) is 26.8 Å². The number of carbonyl (C=O) groups is 2. The first-order valence-electron chi connectivity index (χ1n) is 12.0. The first kappa shape index (κ1) is 27.6. The van der Waals surface area contributed by atoms with Crippen molar-refractivity contribution in [3.63, 3.8) is 0 Å². The highest BCUT2D eigenvalue weighted by Gasteiger charge is 2.31. The minimum absolute atomic E-state index is 0.0414. The third-order valence-corrected chi connectivity index (χ3v) is 7.60. The summed E-state index contributed by atoms with van der Waals surface area (Å²) in [7, 11) is -4.03. The fourth-order valence-electron chi connectivity index (χ4n) is 4.30. The smallest absolute Gasteiger partial charge is 0.244 e. The summed E-state index contributed by atoms with van der Waals surface area (Å²) in [6, 6.07) is 9.23. The Morgan fingerprint density at radius 1 is 1.03 bits per heavy atom. The quantitative estimate of drug-likeness (QED) is 0.542. The lowest BCUT2D eigenvalue weighted by atomic mass is 9.95. The standard InChI is InChI=1S/C26H33F2N3O4S/c1-18-9-11-20(12-10-18)16-30(19(2)26(33)29-21-7-5-4-6-8-21)25(32)17-31(36(3,34)35)22-13-14-23(27)24(28)15-22/h9-15,19,21H,4-8,16-17H2,1-3H3,(H,29,33). The normalized spacial score (nSPS) is 15.2. The second-order valence-corrected chi connectivity index (χ2v) is 11.3. The van der Waals surface area contributed by atoms with Crippen LogP contribution in [0.25, 0.3) is 0 Å². The third kappa shape index (κ3) is 7.25. The molecule has 1 aliphatic rings. The molecule has 2 aromatic carbocycles. The van der Waals surface area contributed by atoms with Gasteiger partial charge in [0.15, 0.2) is 11.6 Å². The van der Waals surface area contributed by atoms with Crippen molar-refractivity contribution in [1.82, 2.24) is 10.2 Å². The number of hydrogen-bond donors (Lipinski definition) is 1. The number of hydrogen-bond acceptors (Lipinski definition) is 4. The zero-order valence-corrected chi connectivity index (χ0v) is 21.7. The van der Waals surface area contributed by atoms with E-state index in [2.05, 4.69) is 5.32 Å². The first-order chi connectivity index (χ1) is 17.0. The van der Waals surface area contributed by atoms with E-state index < -0.39 is 40.2 Å². The number of rotatable bonds is 9. The van der Waals surface area contributed by atoms with Crippen molar-refractivity contribution < 1.29 is 26.8 Å². The van der Waals surface area contributed by atoms with Crippen LogP contribution in [0.15, 0.2) is 42.5 Å². The van der Waals surface area contributed by atoms with Crippen molar-refractivity contribution in [2.75, 3.05) is 17.1 Å². The van der Waals surface area contributed by atoms with Crippen LogP contribution in [-0.4, -0.2) is 50.0 Å². The average Bonchev–Trinajstić information content (AvgIpc) is 2.83. The molecule has 0 radical (unpaired) electrons. The van der Waals surface area contributed by atoms with Crippen molar-refractivity contribution in [1.29, 1.82) is 0 Å². The molecule has 0 aliphatic heterocycles. The number of carbonyl (C=O) groups excluding carboxylic acids is 2. The van der Waals surface area contributed by atoms with E-state index in [0.29, 0.717) is 4.31 Å². The van der Waals surface area contributed by atoms with Gasteiger partial charge in [-0.1, -0.05) is 49.1 Å². The molecular formula is C26H33F2N3O4S. The second kappa shape index (κ2) is 11.8. The van der Waals surface area contributed by atoms with Crippen LogP contribution in [0.4, 0.5) is 14.5 Å². The topological polar surface area (TPSA) is 86.8 Å². The molecule has 0 spiro atoms. The number of sulfonamides is 1. The Kier molecular flexibility index (Phi) is 9.05. The Morgan fingerprint density at radius 2 is 1.67 bits per heavy atom. The lowest BCUT2D eigenvalue weighted by Crippen LogP contribution is -2.53. The molecular weight excluding hydrogens is 488 g/mol. The molecule has 2 amide bonds. The second-order valence-electron chi connectivity index (χ2n) is 9.39. The number of amides is 2. The number of nitrogens with one attached hydrogen (secondary N) is 1. The number of nitrogens with zero attached hydrogens (tertiary/aromatic N) is 2. The van der Waals surface area contributed by atoms with Gasteiger partial charge in [-0.05, 0) is 44.4 Å². The van der Waals surface area contributed by atoms with Crippen molar-refractivity contribution in [3.8, 4) is 0 Å². The summed E-state index contributed by atoms with van der Waals surface area (Å²) in [6.07, 6.45) is 5.83. The van der Waals surface area contributed by atoms with E-state index in [-0.39, 0.29) is 24.2 Å². The Bertz CT molecular complexity index is 1180. The maximum Gasteiger partial charge on any atom is 0.244 e. The molecule has 1 saturated carbocycles. The fraction of sp³-hybridized carbons (Fsp3) is 0.462. The van der Waals surface area contributed by atoms with Gasteiger partial charge < -0.3 is 10.2 Å². The molecule has 36 heavy (non-hydrogen) atoms. The molecule has 3 rings (SSSR count). The largest absolute Gasteiger partial charge is 0.352 e. The van der Waals surface area contributed by atoms with Gasteiger partial charge in [0, 0.05) is 18.7 Å². The van der Waals surface area contributed by atoms with E-state index in [1.807, 2.05) is 31.2 Å². The Labute approximate surface area is 211 Å². The van der Waals surface area contributed by atoms with Crippen molar-refractivity contribution in [2.24, 2.45) is 0 Å². The summed E-state index contributed by atoms with van der Waals surface area (Å²) < 4.78 is 53.0. The maximum absolute atomic E-state index is 13.9. The van der Waals surface area contributed by atoms with Gasteiger partial charge >= 0.3 is 0 Å². The van der Waals surface area contributed by atoms with Crippen LogP contribution in [0.2, 0.25) is 0 Å². The highest BCUT2D eigenvalue weighted by Crippen LogP contribution is 2.22. The fourth-order valence-corrected chi connectivity index (χ4v) is 5.14. The van der Waals surface area contributed by atoms with Crippen LogP contribution >= 0.6 is 0 Å². The molecule has 0 aromatic heterocycles. The first-order valence-corrected chi connectivity index (χ1v) is 13.9. The van der Waals surface area contributed by atoms with Crippen LogP contribution in [0.3, 0.4) is 0 Å². The van der Waals surface area contributed by atoms with E-state index in [0.717, 1.165) is 67.7 Å². The summed E-state index contributed by atoms with van der Waals surface area (Å²) in [5.74, 6) is -3.32. The average molecular weight is 522 g/mol. The zero-order valence-electron chi connectivity index (χ0n) is 20.8. The minimum atomic E-state index is -4.03. The van der Waals surface area contributed by atoms with Gasteiger partial charge in [-0.25, -0.2) is 17.2 Å². The molecule has 2 aromatic rings. The summed E-state index contributed by atoms with van der Waals surface area (Å²) in [5, 5.41) is 3.02. The number of anilines is 1. The van der Waals surface area contributed by atoms with Gasteiger partial charge in [0.05, 0.1) is 11.9 Å². The van der Waals surface area contributed by atoms with Crippen molar-refractivity contribution in [3.05, 3.63) is 65.2 Å². The van der Waals surface area contributed by atoms with Gasteiger partial charge in [-0.2, -0.15) is 0 Å². The number of aryl methyl sites for hydroxylation is 1. The predicted molar refractivity (Wildman–Crippen MR) is 135 cm³/mol. The SMILES string of the molecule is Cc1ccc(CN(C(=O)CN(c2ccc(F)c(F)c2)S(C)(=O)=O)C(C)C(=O)NC2CCCCC2)cc1. The Morgan fingerprint density at radius 3 is 2.25 bits per heavy atom. The van der Waals surface area contributed by atoms with E-state index >= 15 is 0 Å². The molecule has 1 fully saturated rings. The predicted octanol–water partition coefficient (Wildman–Crippen LogP) is 3.91. The van der Waals surface area contributed by atoms with Gasteiger partial charge in [0.2, 0.25) is 21.8 Å². The lowest BCUT2D eigenvalue weighted by molar-refractivity contribution is -0.139. The van der Waals surface area contributed by atoms with Crippen LogP contribution in [0.5, 0.6) is 0 Å². The zero-order chi connectivity index (χ0) is 26.5. The highest BCUT2D eigenvalue weighted by atomic mass is 32.2. The van der Waals surface area contributed by atoms with Crippen LogP contribution in [0, 0.1) is 18.6 Å². The molecule has 1 unspecified atom stereocenters. The molecule has 7 nitrogen and oxygen atoms in total. The molecule has 1 atom stereocenters. The maximum atomic E-state index is 13.9. The van der Waals surface area contributed by atoms with E-state index in [1.54, 1.807) is 6.92 Å². The van der Waals surface area contributed by atoms with Crippen LogP contribution in [0.1, 0.15) is 50.2 Å². The van der Waals surface area contributed by atoms with Gasteiger partial charge in [0.25, 0.3) is 0 Å². The number of benzene rings is 2. The monoisotopic (exact) mass is 521 g/mol. The summed E-state index contributed by atoms with van der Waals surface area (Å²) >= 11 is 0. The highest BCUT2D eigenvalue weighted by molar-refractivity contribution is 7.92. The molecule has 10 heteroatoms. The van der Waals surface area contributed by atoms with Gasteiger partial charge in [0.1, 0.15) is 12.6 Å². The Balaban J connectivity index is 1.87. The van der Waals surface area contributed by atoms with Crippen molar-refractivity contribution in [2.45, 2.75) is 64.6 Å². The minimum Gasteiger partial charge on any atom is -0.352 e. The molecule has 0 saturated heterocycles. The third-order valence-electron chi connectivity index (χ3n) is 6.46. The molecule has 0 bridgehead atoms. The molecule has 1 N–H and O–H groups in total. The van der Waals surface area contributed by atoms with Gasteiger partial charge in [-0.15, -0.1) is 0 Å². The van der Waals surface area contributed by atoms with Crippen molar-refractivity contribution >= 4 is 27.5 Å². The molecule has 1 aliphatic carbocycles. The summed E-state index contributed by atoms with van der Waals surface area (Å²) in [5.41, 5.74) is 1.62. The Hall–Kier alpha value is -3.01. The van der Waals surface area contributed by atoms with Crippen LogP contribution < -0.4 is 9.62 Å². The number of halogens is 2. The molecule has 0 heterocycles.